The minimum Gasteiger partial charge on any atom is -0.292 e. The molecule has 1 heterocycles. The van der Waals surface area contributed by atoms with Crippen molar-refractivity contribution in [1.29, 1.82) is 0 Å². The van der Waals surface area contributed by atoms with Gasteiger partial charge in [-0.05, 0) is 24.3 Å². The molecule has 3 rings (SSSR count). The molecule has 0 unspecified atom stereocenters. The van der Waals surface area contributed by atoms with Gasteiger partial charge in [0, 0.05) is 10.5 Å². The van der Waals surface area contributed by atoms with E-state index in [2.05, 4.69) is 20.9 Å². The summed E-state index contributed by atoms with van der Waals surface area (Å²) in [7, 11) is 0. The van der Waals surface area contributed by atoms with E-state index < -0.39 is 11.6 Å². The molecule has 0 aliphatic rings. The van der Waals surface area contributed by atoms with Crippen LogP contribution < -0.4 is 0 Å². The van der Waals surface area contributed by atoms with Gasteiger partial charge in [-0.3, -0.25) is 4.57 Å². The topological polar surface area (TPSA) is 17.8 Å². The van der Waals surface area contributed by atoms with Crippen LogP contribution >= 0.6 is 39.1 Å². The van der Waals surface area contributed by atoms with Gasteiger partial charge in [0.05, 0.1) is 27.6 Å². The predicted octanol–water partition coefficient (Wildman–Crippen LogP) is 5.46. The second kappa shape index (κ2) is 5.55. The van der Waals surface area contributed by atoms with Crippen molar-refractivity contribution in [3.8, 4) is 5.69 Å². The van der Waals surface area contributed by atoms with Gasteiger partial charge in [-0.2, -0.15) is 0 Å². The summed E-state index contributed by atoms with van der Waals surface area (Å²) in [5.41, 5.74) is 1.10. The highest BCUT2D eigenvalue weighted by atomic mass is 79.9. The highest BCUT2D eigenvalue weighted by Gasteiger charge is 2.17. The molecule has 0 N–H and O–H groups in total. The second-order valence-corrected chi connectivity index (χ2v) is 5.94. The summed E-state index contributed by atoms with van der Waals surface area (Å²) in [6, 6.07) is 7.10. The maximum atomic E-state index is 14.1. The van der Waals surface area contributed by atoms with E-state index in [1.165, 1.54) is 22.8 Å². The molecule has 2 aromatic carbocycles. The van der Waals surface area contributed by atoms with E-state index in [1.807, 2.05) is 0 Å². The molecule has 0 amide bonds. The first kappa shape index (κ1) is 14.8. The van der Waals surface area contributed by atoms with Crippen LogP contribution in [0.1, 0.15) is 5.82 Å². The molecule has 2 nitrogen and oxygen atoms in total. The molecule has 7 heteroatoms. The smallest absolute Gasteiger partial charge is 0.147 e. The number of benzene rings is 2. The molecule has 0 saturated carbocycles. The Kier molecular flexibility index (Phi) is 3.90. The van der Waals surface area contributed by atoms with E-state index >= 15 is 0 Å². The van der Waals surface area contributed by atoms with E-state index in [1.54, 1.807) is 12.1 Å². The lowest BCUT2D eigenvalue weighted by Gasteiger charge is -2.09. The van der Waals surface area contributed by atoms with Gasteiger partial charge in [-0.1, -0.05) is 27.5 Å². The first-order chi connectivity index (χ1) is 10.0. The SMILES string of the molecule is Fc1cc2c(cc1Cl)nc(CCl)n2-c1cc(Br)ccc1F. The molecule has 0 saturated heterocycles. The summed E-state index contributed by atoms with van der Waals surface area (Å²) < 4.78 is 30.0. The predicted molar refractivity (Wildman–Crippen MR) is 83.3 cm³/mol. The van der Waals surface area contributed by atoms with Crippen LogP contribution in [0, 0.1) is 11.6 Å². The first-order valence-corrected chi connectivity index (χ1v) is 7.59. The number of nitrogens with zero attached hydrogens (tertiary/aromatic N) is 2. The van der Waals surface area contributed by atoms with Crippen molar-refractivity contribution in [3.63, 3.8) is 0 Å². The van der Waals surface area contributed by atoms with Crippen LogP contribution in [0.15, 0.2) is 34.8 Å². The first-order valence-electron chi connectivity index (χ1n) is 5.89. The lowest BCUT2D eigenvalue weighted by molar-refractivity contribution is 0.616. The molecule has 0 aliphatic carbocycles. The molecule has 21 heavy (non-hydrogen) atoms. The number of imidazole rings is 1. The van der Waals surface area contributed by atoms with Crippen LogP contribution in [-0.4, -0.2) is 9.55 Å². The molecular weight excluding hydrogens is 385 g/mol. The number of fused-ring (bicyclic) bond motifs is 1. The minimum atomic E-state index is -0.596. The highest BCUT2D eigenvalue weighted by molar-refractivity contribution is 9.10. The number of aromatic nitrogens is 2. The number of hydrogen-bond acceptors (Lipinski definition) is 1. The second-order valence-electron chi connectivity index (χ2n) is 4.35. The third-order valence-corrected chi connectivity index (χ3v) is 4.06. The molecule has 3 aromatic rings. The van der Waals surface area contributed by atoms with E-state index in [0.29, 0.717) is 21.3 Å². The van der Waals surface area contributed by atoms with Gasteiger partial charge >= 0.3 is 0 Å². The Balaban J connectivity index is 2.40. The van der Waals surface area contributed by atoms with Crippen LogP contribution in [0.2, 0.25) is 5.02 Å². The van der Waals surface area contributed by atoms with Gasteiger partial charge in [-0.25, -0.2) is 13.8 Å². The van der Waals surface area contributed by atoms with Crippen LogP contribution in [0.4, 0.5) is 8.78 Å². The number of alkyl halides is 1. The monoisotopic (exact) mass is 390 g/mol. The summed E-state index contributed by atoms with van der Waals surface area (Å²) in [4.78, 5) is 4.28. The van der Waals surface area contributed by atoms with Crippen molar-refractivity contribution in [2.45, 2.75) is 5.88 Å². The molecule has 0 bridgehead atoms. The third kappa shape index (κ3) is 2.54. The van der Waals surface area contributed by atoms with Gasteiger partial charge in [0.15, 0.2) is 0 Å². The van der Waals surface area contributed by atoms with E-state index in [4.69, 9.17) is 23.2 Å². The van der Waals surface area contributed by atoms with E-state index in [-0.39, 0.29) is 16.6 Å². The van der Waals surface area contributed by atoms with Crippen molar-refractivity contribution in [2.24, 2.45) is 0 Å². The fraction of sp³-hybridized carbons (Fsp3) is 0.0714. The zero-order chi connectivity index (χ0) is 15.1. The molecule has 0 radical (unpaired) electrons. The summed E-state index contributed by atoms with van der Waals surface area (Å²) >= 11 is 14.9. The summed E-state index contributed by atoms with van der Waals surface area (Å²) in [6.07, 6.45) is 0. The Morgan fingerprint density at radius 3 is 2.62 bits per heavy atom. The maximum absolute atomic E-state index is 14.1. The number of rotatable bonds is 2. The molecular formula is C14H7BrCl2F2N2. The Morgan fingerprint density at radius 1 is 1.14 bits per heavy atom. The molecule has 108 valence electrons. The van der Waals surface area contributed by atoms with Crippen LogP contribution in [0.3, 0.4) is 0 Å². The van der Waals surface area contributed by atoms with Crippen LogP contribution in [0.25, 0.3) is 16.7 Å². The van der Waals surface area contributed by atoms with Crippen molar-refractivity contribution < 1.29 is 8.78 Å². The van der Waals surface area contributed by atoms with Gasteiger partial charge in [-0.15, -0.1) is 11.6 Å². The minimum absolute atomic E-state index is 0.0389. The average molecular weight is 392 g/mol. The summed E-state index contributed by atoms with van der Waals surface area (Å²) in [5, 5.41) is -0.0389. The molecule has 0 spiro atoms. The zero-order valence-corrected chi connectivity index (χ0v) is 13.5. The molecule has 0 aliphatic heterocycles. The fourth-order valence-electron chi connectivity index (χ4n) is 2.14. The zero-order valence-electron chi connectivity index (χ0n) is 10.4. The molecule has 0 fully saturated rings. The van der Waals surface area contributed by atoms with Gasteiger partial charge in [0.2, 0.25) is 0 Å². The van der Waals surface area contributed by atoms with Crippen molar-refractivity contribution in [1.82, 2.24) is 9.55 Å². The Hall–Kier alpha value is -1.17. The lowest BCUT2D eigenvalue weighted by Crippen LogP contribution is -2.02. The van der Waals surface area contributed by atoms with Crippen LogP contribution in [0.5, 0.6) is 0 Å². The van der Waals surface area contributed by atoms with Gasteiger partial charge in [0.25, 0.3) is 0 Å². The quantitative estimate of drug-likeness (QED) is 0.530. The summed E-state index contributed by atoms with van der Waals surface area (Å²) in [6.45, 7) is 0. The average Bonchev–Trinajstić information content (AvgIpc) is 2.79. The Labute approximate surface area is 137 Å². The number of halogens is 5. The van der Waals surface area contributed by atoms with Crippen LogP contribution in [-0.2, 0) is 5.88 Å². The largest absolute Gasteiger partial charge is 0.292 e. The fourth-order valence-corrected chi connectivity index (χ4v) is 2.82. The van der Waals surface area contributed by atoms with Crippen molar-refractivity contribution in [2.75, 3.05) is 0 Å². The van der Waals surface area contributed by atoms with Gasteiger partial charge < -0.3 is 0 Å². The highest BCUT2D eigenvalue weighted by Crippen LogP contribution is 2.29. The molecule has 0 atom stereocenters. The summed E-state index contributed by atoms with van der Waals surface area (Å²) in [5.74, 6) is -0.591. The maximum Gasteiger partial charge on any atom is 0.147 e. The van der Waals surface area contributed by atoms with E-state index in [9.17, 15) is 8.78 Å². The van der Waals surface area contributed by atoms with Gasteiger partial charge in [0.1, 0.15) is 17.5 Å². The third-order valence-electron chi connectivity index (χ3n) is 3.03. The molecule has 1 aromatic heterocycles. The standard InChI is InChI=1S/C14H7BrCl2F2N2/c15-7-1-2-9(18)12(3-7)21-13-5-10(19)8(17)4-11(13)20-14(21)6-16/h1-5H,6H2. The lowest BCUT2D eigenvalue weighted by atomic mass is 10.2. The van der Waals surface area contributed by atoms with Crippen molar-refractivity contribution in [3.05, 3.63) is 57.3 Å². The number of hydrogen-bond donors (Lipinski definition) is 0. The van der Waals surface area contributed by atoms with Crippen molar-refractivity contribution >= 4 is 50.2 Å². The Morgan fingerprint density at radius 2 is 1.90 bits per heavy atom. The van der Waals surface area contributed by atoms with E-state index in [0.717, 1.165) is 0 Å². The Bertz CT molecular complexity index is 849. The normalized spacial score (nSPS) is 11.3.